The molecule has 0 saturated heterocycles. The van der Waals surface area contributed by atoms with E-state index in [1.54, 1.807) is 0 Å². The van der Waals surface area contributed by atoms with Crippen LogP contribution in [0.15, 0.2) is 12.4 Å². The molecule has 1 heterocycles. The van der Waals surface area contributed by atoms with Crippen LogP contribution in [-0.2, 0) is 11.3 Å². The van der Waals surface area contributed by atoms with Crippen LogP contribution in [0, 0.1) is 0 Å². The number of hydrogen-bond donors (Lipinski definition) is 2. The molecule has 0 aliphatic heterocycles. The number of alkyl halides is 2. The number of nitrogens with zero attached hydrogens (tertiary/aromatic N) is 2. The van der Waals surface area contributed by atoms with Crippen molar-refractivity contribution in [2.45, 2.75) is 31.4 Å². The summed E-state index contributed by atoms with van der Waals surface area (Å²) in [6, 6.07) is 0. The van der Waals surface area contributed by atoms with Crippen LogP contribution < -0.4 is 11.1 Å². The Bertz CT molecular complexity index is 400. The maximum atomic E-state index is 12.0. The lowest BCUT2D eigenvalue weighted by Crippen LogP contribution is -2.37. The first-order chi connectivity index (χ1) is 7.49. The monoisotopic (exact) mass is 230 g/mol. The fourth-order valence-corrected chi connectivity index (χ4v) is 1.29. The lowest BCUT2D eigenvalue weighted by atomic mass is 10.3. The van der Waals surface area contributed by atoms with Gasteiger partial charge in [0.2, 0.25) is 5.91 Å². The van der Waals surface area contributed by atoms with E-state index in [-0.39, 0.29) is 5.91 Å². The van der Waals surface area contributed by atoms with E-state index in [4.69, 9.17) is 5.73 Å². The van der Waals surface area contributed by atoms with Crippen LogP contribution >= 0.6 is 0 Å². The van der Waals surface area contributed by atoms with E-state index in [1.165, 1.54) is 12.4 Å². The molecule has 16 heavy (non-hydrogen) atoms. The molecule has 1 aliphatic carbocycles. The molecule has 1 aliphatic rings. The quantitative estimate of drug-likeness (QED) is 0.794. The molecule has 1 saturated carbocycles. The second-order valence-electron chi connectivity index (χ2n) is 3.95. The summed E-state index contributed by atoms with van der Waals surface area (Å²) in [5, 5.41) is 6.24. The number of aromatic nitrogens is 2. The molecule has 1 amide bonds. The minimum atomic E-state index is -2.47. The Labute approximate surface area is 90.6 Å². The van der Waals surface area contributed by atoms with Gasteiger partial charge in [-0.05, 0) is 12.8 Å². The summed E-state index contributed by atoms with van der Waals surface area (Å²) in [5.41, 5.74) is 5.28. The highest BCUT2D eigenvalue weighted by molar-refractivity contribution is 5.99. The van der Waals surface area contributed by atoms with Crippen LogP contribution in [0.25, 0.3) is 0 Å². The van der Waals surface area contributed by atoms with Crippen molar-refractivity contribution in [2.24, 2.45) is 5.73 Å². The summed E-state index contributed by atoms with van der Waals surface area (Å²) < 4.78 is 25.1. The van der Waals surface area contributed by atoms with Crippen LogP contribution in [0.3, 0.4) is 0 Å². The maximum Gasteiger partial charge on any atom is 0.257 e. The third kappa shape index (κ3) is 2.35. The normalized spacial score (nSPS) is 17.5. The number of rotatable bonds is 4. The fraction of sp³-hybridized carbons (Fsp3) is 0.556. The molecule has 7 heteroatoms. The topological polar surface area (TPSA) is 72.9 Å². The van der Waals surface area contributed by atoms with E-state index in [0.29, 0.717) is 18.5 Å². The SMILES string of the molecule is NC1(C(=O)Nc2cnn(CC(F)F)c2)CC1. The number of halogens is 2. The highest BCUT2D eigenvalue weighted by Gasteiger charge is 2.46. The highest BCUT2D eigenvalue weighted by atomic mass is 19.3. The average molecular weight is 230 g/mol. The molecule has 1 aromatic heterocycles. The van der Waals surface area contributed by atoms with E-state index in [0.717, 1.165) is 4.68 Å². The Morgan fingerprint density at radius 1 is 1.69 bits per heavy atom. The van der Waals surface area contributed by atoms with Crippen LogP contribution in [0.1, 0.15) is 12.8 Å². The number of nitrogens with one attached hydrogen (secondary N) is 1. The van der Waals surface area contributed by atoms with Gasteiger partial charge < -0.3 is 11.1 Å². The highest BCUT2D eigenvalue weighted by Crippen LogP contribution is 2.33. The van der Waals surface area contributed by atoms with E-state index >= 15 is 0 Å². The Morgan fingerprint density at radius 2 is 2.38 bits per heavy atom. The van der Waals surface area contributed by atoms with Gasteiger partial charge in [-0.25, -0.2) is 8.78 Å². The van der Waals surface area contributed by atoms with Gasteiger partial charge in [0.1, 0.15) is 6.54 Å². The van der Waals surface area contributed by atoms with E-state index < -0.39 is 18.5 Å². The summed E-state index contributed by atoms with van der Waals surface area (Å²) in [6.45, 7) is -0.483. The molecule has 0 bridgehead atoms. The third-order valence-corrected chi connectivity index (χ3v) is 2.46. The summed E-state index contributed by atoms with van der Waals surface area (Å²) in [6.07, 6.45) is 1.53. The van der Waals surface area contributed by atoms with Crippen molar-refractivity contribution in [3.63, 3.8) is 0 Å². The van der Waals surface area contributed by atoms with Gasteiger partial charge in [0.25, 0.3) is 6.43 Å². The number of amides is 1. The van der Waals surface area contributed by atoms with Crippen LogP contribution in [0.2, 0.25) is 0 Å². The average Bonchev–Trinajstić information content (AvgIpc) is 2.79. The zero-order chi connectivity index (χ0) is 11.8. The van der Waals surface area contributed by atoms with Gasteiger partial charge in [0, 0.05) is 6.20 Å². The first kappa shape index (κ1) is 11.0. The molecular weight excluding hydrogens is 218 g/mol. The maximum absolute atomic E-state index is 12.0. The molecule has 88 valence electrons. The zero-order valence-corrected chi connectivity index (χ0v) is 8.49. The zero-order valence-electron chi connectivity index (χ0n) is 8.49. The summed E-state index contributed by atoms with van der Waals surface area (Å²) in [5.74, 6) is -0.288. The number of nitrogens with two attached hydrogens (primary N) is 1. The molecule has 5 nitrogen and oxygen atoms in total. The van der Waals surface area contributed by atoms with Gasteiger partial charge in [0.05, 0.1) is 17.4 Å². The minimum Gasteiger partial charge on any atom is -0.322 e. The van der Waals surface area contributed by atoms with Gasteiger partial charge >= 0.3 is 0 Å². The first-order valence-corrected chi connectivity index (χ1v) is 4.90. The summed E-state index contributed by atoms with van der Waals surface area (Å²) >= 11 is 0. The number of hydrogen-bond acceptors (Lipinski definition) is 3. The van der Waals surface area contributed by atoms with Gasteiger partial charge in [-0.3, -0.25) is 9.48 Å². The van der Waals surface area contributed by atoms with Crippen molar-refractivity contribution in [2.75, 3.05) is 5.32 Å². The minimum absolute atomic E-state index is 0.288. The molecule has 3 N–H and O–H groups in total. The molecule has 0 unspecified atom stereocenters. The molecule has 1 fully saturated rings. The number of carbonyl (C=O) groups is 1. The number of anilines is 1. The van der Waals surface area contributed by atoms with Gasteiger partial charge in [-0.1, -0.05) is 0 Å². The van der Waals surface area contributed by atoms with Crippen molar-refractivity contribution >= 4 is 11.6 Å². The summed E-state index contributed by atoms with van der Waals surface area (Å²) in [7, 11) is 0. The van der Waals surface area contributed by atoms with Crippen LogP contribution in [0.4, 0.5) is 14.5 Å². The molecule has 2 rings (SSSR count). The van der Waals surface area contributed by atoms with Gasteiger partial charge in [-0.15, -0.1) is 0 Å². The second-order valence-corrected chi connectivity index (χ2v) is 3.95. The molecule has 0 aromatic carbocycles. The van der Waals surface area contributed by atoms with Gasteiger partial charge in [0.15, 0.2) is 0 Å². The third-order valence-electron chi connectivity index (χ3n) is 2.46. The second kappa shape index (κ2) is 3.82. The predicted octanol–water partition coefficient (Wildman–Crippen LogP) is 0.578. The lowest BCUT2D eigenvalue weighted by Gasteiger charge is -2.07. The lowest BCUT2D eigenvalue weighted by molar-refractivity contribution is -0.118. The first-order valence-electron chi connectivity index (χ1n) is 4.90. The van der Waals surface area contributed by atoms with Crippen molar-refractivity contribution < 1.29 is 13.6 Å². The Balaban J connectivity index is 1.95. The molecule has 0 spiro atoms. The van der Waals surface area contributed by atoms with Crippen molar-refractivity contribution in [3.05, 3.63) is 12.4 Å². The predicted molar refractivity (Wildman–Crippen MR) is 53.0 cm³/mol. The standard InChI is InChI=1S/C9H12F2N4O/c10-7(11)5-15-4-6(3-13-15)14-8(16)9(12)1-2-9/h3-4,7H,1-2,5,12H2,(H,14,16). The molecular formula is C9H12F2N4O. The van der Waals surface area contributed by atoms with Crippen LogP contribution in [0.5, 0.6) is 0 Å². The molecule has 1 aromatic rings. The van der Waals surface area contributed by atoms with Crippen LogP contribution in [-0.4, -0.2) is 27.7 Å². The largest absolute Gasteiger partial charge is 0.322 e. The van der Waals surface area contributed by atoms with E-state index in [9.17, 15) is 13.6 Å². The van der Waals surface area contributed by atoms with Crippen molar-refractivity contribution in [1.82, 2.24) is 9.78 Å². The Hall–Kier alpha value is -1.50. The van der Waals surface area contributed by atoms with E-state index in [1.807, 2.05) is 0 Å². The summed E-state index contributed by atoms with van der Waals surface area (Å²) in [4.78, 5) is 11.5. The fourth-order valence-electron chi connectivity index (χ4n) is 1.29. The van der Waals surface area contributed by atoms with Gasteiger partial charge in [-0.2, -0.15) is 5.10 Å². The van der Waals surface area contributed by atoms with Crippen molar-refractivity contribution in [3.8, 4) is 0 Å². The Morgan fingerprint density at radius 3 is 2.94 bits per heavy atom. The van der Waals surface area contributed by atoms with E-state index in [2.05, 4.69) is 10.4 Å². The van der Waals surface area contributed by atoms with Crippen molar-refractivity contribution in [1.29, 1.82) is 0 Å². The smallest absolute Gasteiger partial charge is 0.257 e. The Kier molecular flexibility index (Phi) is 2.63. The number of carbonyl (C=O) groups excluding carboxylic acids is 1. The molecule has 0 atom stereocenters. The molecule has 0 radical (unpaired) electrons.